The van der Waals surface area contributed by atoms with E-state index in [1.807, 2.05) is 29.1 Å². The number of carbonyl (C=O) groups excluding carboxylic acids is 2. The zero-order valence-electron chi connectivity index (χ0n) is 16.5. The van der Waals surface area contributed by atoms with Crippen LogP contribution in [-0.2, 0) is 16.1 Å². The normalized spacial score (nSPS) is 29.0. The first kappa shape index (κ1) is 18.4. The molecule has 1 unspecified atom stereocenters. The van der Waals surface area contributed by atoms with Crippen LogP contribution in [0.2, 0.25) is 0 Å². The summed E-state index contributed by atoms with van der Waals surface area (Å²) in [6, 6.07) is 12.2. The number of rotatable bonds is 5. The summed E-state index contributed by atoms with van der Waals surface area (Å²) in [5.41, 5.74) is 2.27. The zero-order valence-corrected chi connectivity index (χ0v) is 16.5. The van der Waals surface area contributed by atoms with Crippen molar-refractivity contribution in [2.45, 2.75) is 44.3 Å². The highest BCUT2D eigenvalue weighted by atomic mass is 16.2. The van der Waals surface area contributed by atoms with E-state index in [0.717, 1.165) is 38.2 Å². The topological polar surface area (TPSA) is 79.3 Å². The number of amides is 2. The average molecular weight is 393 g/mol. The maximum Gasteiger partial charge on any atom is 0.242 e. The number of likely N-dealkylation sites (tertiary alicyclic amines) is 1. The van der Waals surface area contributed by atoms with E-state index in [1.54, 1.807) is 0 Å². The van der Waals surface area contributed by atoms with Gasteiger partial charge in [-0.3, -0.25) is 14.5 Å². The van der Waals surface area contributed by atoms with Gasteiger partial charge in [0.15, 0.2) is 0 Å². The van der Waals surface area contributed by atoms with Crippen LogP contribution in [-0.4, -0.2) is 51.7 Å². The van der Waals surface area contributed by atoms with Crippen molar-refractivity contribution in [3.05, 3.63) is 48.3 Å². The molecule has 2 saturated heterocycles. The molecule has 1 aromatic heterocycles. The van der Waals surface area contributed by atoms with Crippen LogP contribution in [0, 0.1) is 11.8 Å². The van der Waals surface area contributed by atoms with Gasteiger partial charge in [-0.15, -0.1) is 0 Å². The second-order valence-electron chi connectivity index (χ2n) is 8.55. The van der Waals surface area contributed by atoms with E-state index in [4.69, 9.17) is 0 Å². The van der Waals surface area contributed by atoms with E-state index in [1.165, 1.54) is 5.69 Å². The average Bonchev–Trinajstić information content (AvgIpc) is 3.42. The number of nitrogens with one attached hydrogen (secondary N) is 2. The molecule has 7 nitrogen and oxygen atoms in total. The molecule has 0 spiro atoms. The van der Waals surface area contributed by atoms with Gasteiger partial charge in [0.2, 0.25) is 11.8 Å². The van der Waals surface area contributed by atoms with Crippen LogP contribution in [0.5, 0.6) is 0 Å². The first-order valence-corrected chi connectivity index (χ1v) is 10.6. The Morgan fingerprint density at radius 1 is 1.10 bits per heavy atom. The van der Waals surface area contributed by atoms with Gasteiger partial charge in [-0.2, -0.15) is 5.10 Å². The number of benzene rings is 1. The van der Waals surface area contributed by atoms with Crippen molar-refractivity contribution in [1.29, 1.82) is 0 Å². The van der Waals surface area contributed by atoms with E-state index in [0.29, 0.717) is 24.7 Å². The minimum absolute atomic E-state index is 0.00615. The molecule has 3 aliphatic rings. The van der Waals surface area contributed by atoms with E-state index >= 15 is 0 Å². The number of aromatic nitrogens is 2. The Morgan fingerprint density at radius 2 is 1.86 bits per heavy atom. The summed E-state index contributed by atoms with van der Waals surface area (Å²) in [4.78, 5) is 26.5. The van der Waals surface area contributed by atoms with E-state index in [9.17, 15) is 9.59 Å². The summed E-state index contributed by atoms with van der Waals surface area (Å²) < 4.78 is 2.01. The molecule has 3 heterocycles. The number of para-hydroxylation sites is 1. The van der Waals surface area contributed by atoms with E-state index < -0.39 is 0 Å². The van der Waals surface area contributed by atoms with Gasteiger partial charge in [0, 0.05) is 38.3 Å². The van der Waals surface area contributed by atoms with Gasteiger partial charge in [-0.05, 0) is 49.3 Å². The Hall–Kier alpha value is -2.67. The SMILES string of the molecule is O=C1CC[C@@H](C(=O)NC2[C@@H]3CC[C@H]2CN(Cc2ccnn2-c2ccccc2)C3)N1. The molecule has 1 aromatic carbocycles. The van der Waals surface area contributed by atoms with Crippen molar-refractivity contribution >= 4 is 11.8 Å². The summed E-state index contributed by atoms with van der Waals surface area (Å²) in [5.74, 6) is 0.928. The molecule has 2 aromatic rings. The highest BCUT2D eigenvalue weighted by Crippen LogP contribution is 2.37. The van der Waals surface area contributed by atoms with Crippen LogP contribution in [0.25, 0.3) is 5.69 Å². The fourth-order valence-corrected chi connectivity index (χ4v) is 5.24. The lowest BCUT2D eigenvalue weighted by atomic mass is 9.91. The van der Waals surface area contributed by atoms with Gasteiger partial charge in [0.25, 0.3) is 0 Å². The highest BCUT2D eigenvalue weighted by molar-refractivity contribution is 5.90. The zero-order chi connectivity index (χ0) is 19.8. The lowest BCUT2D eigenvalue weighted by Gasteiger charge is -2.38. The standard InChI is InChI=1S/C22H27N5O2/c28-20-9-8-19(24-20)22(29)25-21-15-6-7-16(21)13-26(12-15)14-18-10-11-23-27(18)17-4-2-1-3-5-17/h1-5,10-11,15-16,19,21H,6-9,12-14H2,(H,24,28)(H,25,29)/t15-,16+,19-,21?/m0/s1. The molecule has 7 heteroatoms. The molecular weight excluding hydrogens is 366 g/mol. The van der Waals surface area contributed by atoms with Crippen molar-refractivity contribution in [2.75, 3.05) is 13.1 Å². The first-order valence-electron chi connectivity index (χ1n) is 10.6. The second kappa shape index (κ2) is 7.63. The fourth-order valence-electron chi connectivity index (χ4n) is 5.24. The van der Waals surface area contributed by atoms with E-state index in [2.05, 4.69) is 38.8 Å². The number of carbonyl (C=O) groups is 2. The lowest BCUT2D eigenvalue weighted by Crippen LogP contribution is -2.55. The molecule has 1 aliphatic carbocycles. The van der Waals surface area contributed by atoms with Crippen molar-refractivity contribution in [3.63, 3.8) is 0 Å². The molecule has 29 heavy (non-hydrogen) atoms. The molecular formula is C22H27N5O2. The number of fused-ring (bicyclic) bond motifs is 2. The molecule has 0 radical (unpaired) electrons. The fraction of sp³-hybridized carbons (Fsp3) is 0.500. The largest absolute Gasteiger partial charge is 0.351 e. The quantitative estimate of drug-likeness (QED) is 0.807. The van der Waals surface area contributed by atoms with Gasteiger partial charge in [-0.25, -0.2) is 4.68 Å². The Labute approximate surface area is 170 Å². The molecule has 4 atom stereocenters. The van der Waals surface area contributed by atoms with Gasteiger partial charge in [-0.1, -0.05) is 18.2 Å². The predicted molar refractivity (Wildman–Crippen MR) is 108 cm³/mol. The minimum Gasteiger partial charge on any atom is -0.351 e. The summed E-state index contributed by atoms with van der Waals surface area (Å²) in [6.45, 7) is 2.83. The van der Waals surface area contributed by atoms with Crippen LogP contribution in [0.15, 0.2) is 42.6 Å². The molecule has 2 N–H and O–H groups in total. The monoisotopic (exact) mass is 393 g/mol. The Bertz CT molecular complexity index is 882. The van der Waals surface area contributed by atoms with Crippen molar-refractivity contribution < 1.29 is 9.59 Å². The molecule has 152 valence electrons. The highest BCUT2D eigenvalue weighted by Gasteiger charge is 2.43. The molecule has 2 amide bonds. The Morgan fingerprint density at radius 3 is 2.55 bits per heavy atom. The van der Waals surface area contributed by atoms with Crippen LogP contribution >= 0.6 is 0 Å². The van der Waals surface area contributed by atoms with Crippen LogP contribution in [0.3, 0.4) is 0 Å². The molecule has 2 bridgehead atoms. The van der Waals surface area contributed by atoms with Gasteiger partial charge in [0.1, 0.15) is 6.04 Å². The number of piperidine rings is 1. The number of hydrogen-bond acceptors (Lipinski definition) is 4. The van der Waals surface area contributed by atoms with Gasteiger partial charge in [0.05, 0.1) is 11.4 Å². The summed E-state index contributed by atoms with van der Waals surface area (Å²) in [7, 11) is 0. The van der Waals surface area contributed by atoms with Crippen LogP contribution in [0.1, 0.15) is 31.4 Å². The maximum absolute atomic E-state index is 12.6. The molecule has 5 rings (SSSR count). The molecule has 1 saturated carbocycles. The second-order valence-corrected chi connectivity index (χ2v) is 8.55. The van der Waals surface area contributed by atoms with Crippen molar-refractivity contribution in [1.82, 2.24) is 25.3 Å². The summed E-state index contributed by atoms with van der Waals surface area (Å²) >= 11 is 0. The van der Waals surface area contributed by atoms with Crippen molar-refractivity contribution in [3.8, 4) is 5.69 Å². The first-order chi connectivity index (χ1) is 14.2. The maximum atomic E-state index is 12.6. The molecule has 3 fully saturated rings. The number of hydrogen-bond donors (Lipinski definition) is 2. The van der Waals surface area contributed by atoms with Crippen LogP contribution < -0.4 is 10.6 Å². The summed E-state index contributed by atoms with van der Waals surface area (Å²) in [5, 5.41) is 10.6. The predicted octanol–water partition coefficient (Wildman–Crippen LogP) is 1.48. The Kier molecular flexibility index (Phi) is 4.83. The summed E-state index contributed by atoms with van der Waals surface area (Å²) in [6.07, 6.45) is 5.24. The van der Waals surface area contributed by atoms with Gasteiger partial charge < -0.3 is 10.6 Å². The third-order valence-corrected chi connectivity index (χ3v) is 6.64. The van der Waals surface area contributed by atoms with Gasteiger partial charge >= 0.3 is 0 Å². The Balaban J connectivity index is 1.23. The lowest BCUT2D eigenvalue weighted by molar-refractivity contribution is -0.127. The number of nitrogens with zero attached hydrogens (tertiary/aromatic N) is 3. The smallest absolute Gasteiger partial charge is 0.242 e. The minimum atomic E-state index is -0.347. The van der Waals surface area contributed by atoms with E-state index in [-0.39, 0.29) is 23.9 Å². The molecule has 2 aliphatic heterocycles. The van der Waals surface area contributed by atoms with Crippen molar-refractivity contribution in [2.24, 2.45) is 11.8 Å². The third-order valence-electron chi connectivity index (χ3n) is 6.64. The van der Waals surface area contributed by atoms with Crippen LogP contribution in [0.4, 0.5) is 0 Å². The third kappa shape index (κ3) is 3.67.